The van der Waals surface area contributed by atoms with E-state index >= 15 is 0 Å². The van der Waals surface area contributed by atoms with Gasteiger partial charge in [0.05, 0.1) is 12.8 Å². The summed E-state index contributed by atoms with van der Waals surface area (Å²) in [6, 6.07) is 44.1. The summed E-state index contributed by atoms with van der Waals surface area (Å²) in [5.41, 5.74) is 1.35. The number of unbranched alkanes of at least 4 members (excludes halogenated alkanes) is 2. The van der Waals surface area contributed by atoms with Crippen LogP contribution in [0.25, 0.3) is 0 Å². The van der Waals surface area contributed by atoms with Crippen molar-refractivity contribution in [2.75, 3.05) is 19.4 Å². The summed E-state index contributed by atoms with van der Waals surface area (Å²) < 4.78 is 5.93. The highest BCUT2D eigenvalue weighted by Gasteiger charge is 2.44. The molecule has 0 saturated heterocycles. The highest BCUT2D eigenvalue weighted by molar-refractivity contribution is 7.95. The number of rotatable bonds is 12. The summed E-state index contributed by atoms with van der Waals surface area (Å²) in [4.78, 5) is 0. The maximum Gasteiger partial charge on any atom is 0.112 e. The summed E-state index contributed by atoms with van der Waals surface area (Å²) in [5, 5.41) is 4.42. The highest BCUT2D eigenvalue weighted by atomic mass is 79.9. The monoisotopic (exact) mass is 532 g/mol. The molecule has 0 unspecified atom stereocenters. The Morgan fingerprint density at radius 1 is 0.471 bits per heavy atom. The molecule has 4 rings (SSSR count). The lowest BCUT2D eigenvalue weighted by Gasteiger charge is -2.27. The van der Waals surface area contributed by atoms with Gasteiger partial charge < -0.3 is 21.7 Å². The second-order valence-electron chi connectivity index (χ2n) is 8.45. The lowest BCUT2D eigenvalue weighted by molar-refractivity contribution is -0.00000728. The minimum Gasteiger partial charge on any atom is -1.00 e. The number of benzene rings is 4. The molecule has 0 aliphatic carbocycles. The Balaban J connectivity index is 0.00000324. The number of hydrogen-bond acceptors (Lipinski definition) is 1. The van der Waals surface area contributed by atoms with Crippen LogP contribution in [0.3, 0.4) is 0 Å². The summed E-state index contributed by atoms with van der Waals surface area (Å²) in [6.07, 6.45) is 5.70. The molecule has 4 aromatic carbocycles. The van der Waals surface area contributed by atoms with Gasteiger partial charge in [-0.15, -0.1) is 0 Å². The zero-order valence-corrected chi connectivity index (χ0v) is 22.2. The highest BCUT2D eigenvalue weighted by Crippen LogP contribution is 2.55. The molecule has 3 heteroatoms. The van der Waals surface area contributed by atoms with Crippen molar-refractivity contribution in [3.63, 3.8) is 0 Å². The Kier molecular flexibility index (Phi) is 11.0. The summed E-state index contributed by atoms with van der Waals surface area (Å²) in [7, 11) is -1.70. The zero-order chi connectivity index (χ0) is 22.6. The SMILES string of the molecule is [Br-].c1ccc(CCOCCCCC[P+](c2ccccc2)(c2ccccc2)c2ccccc2)cc1. The van der Waals surface area contributed by atoms with Crippen molar-refractivity contribution < 1.29 is 21.7 Å². The van der Waals surface area contributed by atoms with Gasteiger partial charge >= 0.3 is 0 Å². The first-order valence-electron chi connectivity index (χ1n) is 12.1. The van der Waals surface area contributed by atoms with Crippen molar-refractivity contribution in [1.82, 2.24) is 0 Å². The smallest absolute Gasteiger partial charge is 0.112 e. The molecule has 0 bridgehead atoms. The van der Waals surface area contributed by atoms with Gasteiger partial charge in [-0.25, -0.2) is 0 Å². The fourth-order valence-electron chi connectivity index (χ4n) is 4.55. The largest absolute Gasteiger partial charge is 1.00 e. The molecular weight excluding hydrogens is 499 g/mol. The van der Waals surface area contributed by atoms with Crippen LogP contribution in [0, 0.1) is 0 Å². The maximum absolute atomic E-state index is 5.93. The first-order valence-corrected chi connectivity index (χ1v) is 14.0. The Morgan fingerprint density at radius 3 is 1.38 bits per heavy atom. The second-order valence-corrected chi connectivity index (χ2v) is 12.1. The van der Waals surface area contributed by atoms with Crippen LogP contribution in [0.1, 0.15) is 24.8 Å². The summed E-state index contributed by atoms with van der Waals surface area (Å²) >= 11 is 0. The van der Waals surface area contributed by atoms with Gasteiger partial charge in [0.25, 0.3) is 0 Å². The average Bonchev–Trinajstić information content (AvgIpc) is 2.90. The van der Waals surface area contributed by atoms with Crippen LogP contribution in [0.5, 0.6) is 0 Å². The maximum atomic E-state index is 5.93. The third-order valence-corrected chi connectivity index (χ3v) is 10.8. The number of ether oxygens (including phenoxy) is 1. The van der Waals surface area contributed by atoms with E-state index in [1.54, 1.807) is 0 Å². The lowest BCUT2D eigenvalue weighted by Crippen LogP contribution is -3.00. The van der Waals surface area contributed by atoms with Gasteiger partial charge in [0.1, 0.15) is 23.2 Å². The first-order chi connectivity index (χ1) is 16.4. The van der Waals surface area contributed by atoms with Crippen molar-refractivity contribution in [3.05, 3.63) is 127 Å². The minimum atomic E-state index is -1.70. The predicted molar refractivity (Wildman–Crippen MR) is 145 cm³/mol. The third-order valence-electron chi connectivity index (χ3n) is 6.25. The van der Waals surface area contributed by atoms with E-state index in [4.69, 9.17) is 4.74 Å². The Hall–Kier alpha value is -2.25. The van der Waals surface area contributed by atoms with E-state index in [1.807, 2.05) is 0 Å². The molecule has 0 spiro atoms. The fraction of sp³-hybridized carbons (Fsp3) is 0.226. The molecular formula is C31H34BrOP. The van der Waals surface area contributed by atoms with Gasteiger partial charge in [0.2, 0.25) is 0 Å². The van der Waals surface area contributed by atoms with E-state index in [2.05, 4.69) is 121 Å². The van der Waals surface area contributed by atoms with Gasteiger partial charge in [-0.2, -0.15) is 0 Å². The standard InChI is InChI=1S/C31H34OP.BrH/c1-6-16-28(17-7-1)24-26-32-25-14-5-15-27-33(29-18-8-2-9-19-29,30-20-10-3-11-21-30)31-22-12-4-13-23-31;/h1-4,6-13,16-23H,5,14-15,24-27H2;1H/q+1;/p-1. The van der Waals surface area contributed by atoms with E-state index < -0.39 is 7.26 Å². The minimum absolute atomic E-state index is 0. The van der Waals surface area contributed by atoms with Crippen molar-refractivity contribution in [3.8, 4) is 0 Å². The van der Waals surface area contributed by atoms with Crippen molar-refractivity contribution in [2.24, 2.45) is 0 Å². The summed E-state index contributed by atoms with van der Waals surface area (Å²) in [5.74, 6) is 0. The lowest BCUT2D eigenvalue weighted by atomic mass is 10.2. The predicted octanol–water partition coefficient (Wildman–Crippen LogP) is 3.41. The molecule has 0 fully saturated rings. The quantitative estimate of drug-likeness (QED) is 0.201. The average molecular weight is 533 g/mol. The molecule has 0 aromatic heterocycles. The molecule has 0 N–H and O–H groups in total. The molecule has 4 aromatic rings. The van der Waals surface area contributed by atoms with E-state index in [-0.39, 0.29) is 17.0 Å². The molecule has 0 aliphatic rings. The van der Waals surface area contributed by atoms with Gasteiger partial charge in [-0.1, -0.05) is 84.9 Å². The number of hydrogen-bond donors (Lipinski definition) is 0. The van der Waals surface area contributed by atoms with Crippen LogP contribution in [0.4, 0.5) is 0 Å². The molecule has 0 saturated carbocycles. The van der Waals surface area contributed by atoms with E-state index in [9.17, 15) is 0 Å². The van der Waals surface area contributed by atoms with Crippen LogP contribution in [0.2, 0.25) is 0 Å². The Morgan fingerprint density at radius 2 is 0.912 bits per heavy atom. The van der Waals surface area contributed by atoms with Crippen molar-refractivity contribution >= 4 is 23.2 Å². The van der Waals surface area contributed by atoms with E-state index in [1.165, 1.54) is 40.5 Å². The second kappa shape index (κ2) is 14.2. The summed E-state index contributed by atoms with van der Waals surface area (Å²) in [6.45, 7) is 1.65. The normalized spacial score (nSPS) is 11.1. The Bertz CT molecular complexity index is 959. The van der Waals surface area contributed by atoms with Crippen LogP contribution in [-0.4, -0.2) is 19.4 Å². The van der Waals surface area contributed by atoms with Crippen molar-refractivity contribution in [2.45, 2.75) is 25.7 Å². The third kappa shape index (κ3) is 6.89. The molecule has 0 atom stereocenters. The molecule has 1 nitrogen and oxygen atoms in total. The van der Waals surface area contributed by atoms with Gasteiger partial charge in [0, 0.05) is 6.61 Å². The zero-order valence-electron chi connectivity index (χ0n) is 19.7. The van der Waals surface area contributed by atoms with Gasteiger partial charge in [-0.05, 0) is 67.6 Å². The van der Waals surface area contributed by atoms with E-state index in [0.29, 0.717) is 0 Å². The van der Waals surface area contributed by atoms with Crippen LogP contribution in [0.15, 0.2) is 121 Å². The van der Waals surface area contributed by atoms with Crippen LogP contribution >= 0.6 is 7.26 Å². The molecule has 0 heterocycles. The molecule has 34 heavy (non-hydrogen) atoms. The topological polar surface area (TPSA) is 9.23 Å². The molecule has 176 valence electrons. The first kappa shape index (κ1) is 26.4. The van der Waals surface area contributed by atoms with Crippen LogP contribution < -0.4 is 32.9 Å². The fourth-order valence-corrected chi connectivity index (χ4v) is 8.96. The Labute approximate surface area is 216 Å². The van der Waals surface area contributed by atoms with Gasteiger partial charge in [0.15, 0.2) is 0 Å². The van der Waals surface area contributed by atoms with Crippen LogP contribution in [-0.2, 0) is 11.2 Å². The molecule has 0 radical (unpaired) electrons. The van der Waals surface area contributed by atoms with Crippen molar-refractivity contribution in [1.29, 1.82) is 0 Å². The number of halogens is 1. The van der Waals surface area contributed by atoms with Gasteiger partial charge in [-0.3, -0.25) is 0 Å². The molecule has 0 amide bonds. The van der Waals surface area contributed by atoms with E-state index in [0.717, 1.165) is 26.1 Å². The molecule has 0 aliphatic heterocycles.